The van der Waals surface area contributed by atoms with Crippen LogP contribution in [0, 0.1) is 10.1 Å². The molecule has 1 heterocycles. The van der Waals surface area contributed by atoms with Crippen LogP contribution >= 0.6 is 11.6 Å². The Morgan fingerprint density at radius 1 is 1.47 bits per heavy atom. The lowest BCUT2D eigenvalue weighted by atomic mass is 10.1. The second kappa shape index (κ2) is 3.39. The Bertz CT molecular complexity index is 459. The molecule has 0 saturated carbocycles. The molecule has 78 valence electrons. The smallest absolute Gasteiger partial charge is 0.325 e. The first-order valence-corrected chi connectivity index (χ1v) is 4.24. The average molecular weight is 230 g/mol. The quantitative estimate of drug-likeness (QED) is 0.439. The van der Waals surface area contributed by atoms with E-state index in [-0.39, 0.29) is 28.9 Å². The lowest BCUT2D eigenvalue weighted by Crippen LogP contribution is -1.97. The zero-order valence-electron chi connectivity index (χ0n) is 7.23. The van der Waals surface area contributed by atoms with E-state index in [1.165, 1.54) is 6.07 Å². The van der Waals surface area contributed by atoms with Gasteiger partial charge >= 0.3 is 5.69 Å². The lowest BCUT2D eigenvalue weighted by Gasteiger charge is -2.01. The summed E-state index contributed by atoms with van der Waals surface area (Å²) in [6.45, 7) is -0.141. The number of carbonyl (C=O) groups excluding carboxylic acids is 1. The average Bonchev–Trinajstić information content (AvgIpc) is 2.65. The Kier molecular flexibility index (Phi) is 2.20. The fourth-order valence-electron chi connectivity index (χ4n) is 1.31. The summed E-state index contributed by atoms with van der Waals surface area (Å²) >= 11 is 5.74. The van der Waals surface area contributed by atoms with Crippen LogP contribution in [0.4, 0.5) is 5.69 Å². The van der Waals surface area contributed by atoms with Gasteiger partial charge in [0.15, 0.2) is 12.0 Å². The highest BCUT2D eigenvalue weighted by Gasteiger charge is 2.31. The number of ether oxygens (including phenoxy) is 2. The largest absolute Gasteiger partial charge is 0.452 e. The molecule has 0 aromatic heterocycles. The molecule has 1 aliphatic rings. The summed E-state index contributed by atoms with van der Waals surface area (Å²) in [6.07, 6.45) is 0.353. The van der Waals surface area contributed by atoms with Gasteiger partial charge in [-0.05, 0) is 6.07 Å². The maximum absolute atomic E-state index is 10.7. The van der Waals surface area contributed by atoms with Crippen LogP contribution in [0.25, 0.3) is 0 Å². The van der Waals surface area contributed by atoms with Crippen molar-refractivity contribution in [1.82, 2.24) is 0 Å². The maximum atomic E-state index is 10.7. The second-order valence-electron chi connectivity index (χ2n) is 2.74. The van der Waals surface area contributed by atoms with Gasteiger partial charge in [-0.25, -0.2) is 0 Å². The number of nitro benzene ring substituents is 1. The summed E-state index contributed by atoms with van der Waals surface area (Å²) in [6, 6.07) is 1.18. The van der Waals surface area contributed by atoms with Crippen molar-refractivity contribution in [2.24, 2.45) is 0 Å². The normalized spacial score (nSPS) is 12.6. The van der Waals surface area contributed by atoms with E-state index in [1.807, 2.05) is 0 Å². The molecule has 0 aliphatic carbocycles. The predicted octanol–water partition coefficient (Wildman–Crippen LogP) is 1.79. The van der Waals surface area contributed by atoms with Crippen LogP contribution in [-0.2, 0) is 0 Å². The highest BCUT2D eigenvalue weighted by Crippen LogP contribution is 2.46. The molecule has 1 aromatic rings. The van der Waals surface area contributed by atoms with Gasteiger partial charge in [0.25, 0.3) is 0 Å². The third-order valence-electron chi connectivity index (χ3n) is 1.91. The highest BCUT2D eigenvalue weighted by atomic mass is 35.5. The number of halogens is 1. The van der Waals surface area contributed by atoms with E-state index in [0.717, 1.165) is 0 Å². The number of nitro groups is 1. The molecule has 0 saturated heterocycles. The molecule has 0 bridgehead atoms. The van der Waals surface area contributed by atoms with E-state index in [2.05, 4.69) is 0 Å². The Hall–Kier alpha value is -1.82. The van der Waals surface area contributed by atoms with Gasteiger partial charge in [-0.3, -0.25) is 14.9 Å². The van der Waals surface area contributed by atoms with Crippen molar-refractivity contribution in [2.45, 2.75) is 0 Å². The molecule has 6 nitrogen and oxygen atoms in total. The Morgan fingerprint density at radius 2 is 2.13 bits per heavy atom. The number of carbonyl (C=O) groups is 1. The summed E-state index contributed by atoms with van der Waals surface area (Å²) in [5, 5.41) is 10.8. The van der Waals surface area contributed by atoms with Gasteiger partial charge in [0.2, 0.25) is 12.5 Å². The summed E-state index contributed by atoms with van der Waals surface area (Å²) < 4.78 is 9.85. The topological polar surface area (TPSA) is 78.7 Å². The molecule has 0 radical (unpaired) electrons. The molecular weight excluding hydrogens is 226 g/mol. The molecule has 0 fully saturated rings. The molecular formula is C8H4ClNO5. The lowest BCUT2D eigenvalue weighted by molar-refractivity contribution is -0.385. The molecule has 1 aromatic carbocycles. The summed E-state index contributed by atoms with van der Waals surface area (Å²) in [4.78, 5) is 20.6. The maximum Gasteiger partial charge on any atom is 0.325 e. The number of hydrogen-bond acceptors (Lipinski definition) is 5. The van der Waals surface area contributed by atoms with Gasteiger partial charge < -0.3 is 9.47 Å². The van der Waals surface area contributed by atoms with Gasteiger partial charge in [0, 0.05) is 0 Å². The summed E-state index contributed by atoms with van der Waals surface area (Å²) in [5.74, 6) is 0.0172. The van der Waals surface area contributed by atoms with Crippen LogP contribution < -0.4 is 9.47 Å². The number of nitrogens with zero attached hydrogens (tertiary/aromatic N) is 1. The molecule has 7 heteroatoms. The number of hydrogen-bond donors (Lipinski definition) is 0. The first-order valence-electron chi connectivity index (χ1n) is 3.87. The minimum absolute atomic E-state index is 0.0883. The molecule has 0 amide bonds. The predicted molar refractivity (Wildman–Crippen MR) is 49.6 cm³/mol. The van der Waals surface area contributed by atoms with E-state index in [4.69, 9.17) is 21.1 Å². The van der Waals surface area contributed by atoms with E-state index in [1.54, 1.807) is 0 Å². The Labute approximate surface area is 88.5 Å². The van der Waals surface area contributed by atoms with Gasteiger partial charge in [0.1, 0.15) is 0 Å². The van der Waals surface area contributed by atoms with E-state index in [0.29, 0.717) is 6.29 Å². The van der Waals surface area contributed by atoms with Crippen LogP contribution in [-0.4, -0.2) is 18.0 Å². The van der Waals surface area contributed by atoms with Crippen LogP contribution in [0.3, 0.4) is 0 Å². The zero-order chi connectivity index (χ0) is 11.0. The van der Waals surface area contributed by atoms with Gasteiger partial charge in [-0.1, -0.05) is 11.6 Å². The fourth-order valence-corrected chi connectivity index (χ4v) is 1.57. The van der Waals surface area contributed by atoms with Crippen molar-refractivity contribution in [3.8, 4) is 11.5 Å². The number of benzene rings is 1. The van der Waals surface area contributed by atoms with E-state index >= 15 is 0 Å². The number of aldehydes is 1. The SMILES string of the molecule is O=Cc1cc(Cl)c2c(c1[N+](=O)[O-])OCO2. The zero-order valence-corrected chi connectivity index (χ0v) is 7.98. The van der Waals surface area contributed by atoms with Crippen molar-refractivity contribution in [3.63, 3.8) is 0 Å². The molecule has 2 rings (SSSR count). The Balaban J connectivity index is 2.75. The van der Waals surface area contributed by atoms with E-state index < -0.39 is 10.6 Å². The highest BCUT2D eigenvalue weighted by molar-refractivity contribution is 6.32. The summed E-state index contributed by atoms with van der Waals surface area (Å²) in [5.41, 5.74) is -0.545. The van der Waals surface area contributed by atoms with Gasteiger partial charge in [-0.15, -0.1) is 0 Å². The standard InChI is InChI=1S/C8H4ClNO5/c9-5-1-4(2-11)6(10(12)13)8-7(5)14-3-15-8/h1-2H,3H2. The minimum Gasteiger partial charge on any atom is -0.452 e. The first kappa shape index (κ1) is 9.72. The van der Waals surface area contributed by atoms with Crippen molar-refractivity contribution < 1.29 is 19.2 Å². The molecule has 1 aliphatic heterocycles. The monoisotopic (exact) mass is 229 g/mol. The first-order chi connectivity index (χ1) is 7.15. The summed E-state index contributed by atoms with van der Waals surface area (Å²) in [7, 11) is 0. The van der Waals surface area contributed by atoms with Gasteiger partial charge in [0.05, 0.1) is 15.5 Å². The van der Waals surface area contributed by atoms with Crippen molar-refractivity contribution in [1.29, 1.82) is 0 Å². The second-order valence-corrected chi connectivity index (χ2v) is 3.14. The van der Waals surface area contributed by atoms with Crippen molar-refractivity contribution in [2.75, 3.05) is 6.79 Å². The Morgan fingerprint density at radius 3 is 2.73 bits per heavy atom. The fraction of sp³-hybridized carbons (Fsp3) is 0.125. The number of fused-ring (bicyclic) bond motifs is 1. The molecule has 0 spiro atoms. The third kappa shape index (κ3) is 1.39. The van der Waals surface area contributed by atoms with Crippen LogP contribution in [0.1, 0.15) is 10.4 Å². The molecule has 15 heavy (non-hydrogen) atoms. The van der Waals surface area contributed by atoms with Crippen molar-refractivity contribution in [3.05, 3.63) is 26.8 Å². The molecule has 0 atom stereocenters. The van der Waals surface area contributed by atoms with Crippen LogP contribution in [0.15, 0.2) is 6.07 Å². The van der Waals surface area contributed by atoms with Crippen LogP contribution in [0.5, 0.6) is 11.5 Å². The molecule has 0 N–H and O–H groups in total. The van der Waals surface area contributed by atoms with Crippen LogP contribution in [0.2, 0.25) is 5.02 Å². The van der Waals surface area contributed by atoms with Gasteiger partial charge in [-0.2, -0.15) is 0 Å². The number of rotatable bonds is 2. The molecule has 0 unspecified atom stereocenters. The minimum atomic E-state index is -0.701. The van der Waals surface area contributed by atoms with Crippen molar-refractivity contribution >= 4 is 23.6 Å². The van der Waals surface area contributed by atoms with E-state index in [9.17, 15) is 14.9 Å². The third-order valence-corrected chi connectivity index (χ3v) is 2.19.